The molecule has 14 heavy (non-hydrogen) atoms. The van der Waals surface area contributed by atoms with Crippen LogP contribution in [0.25, 0.3) is 0 Å². The molecule has 0 atom stereocenters. The molecular formula is C9H12N5+. The molecule has 0 radical (unpaired) electrons. The topological polar surface area (TPSA) is 47.5 Å². The fourth-order valence-electron chi connectivity index (χ4n) is 1.30. The average molecular weight is 190 g/mol. The van der Waals surface area contributed by atoms with Crippen molar-refractivity contribution in [2.45, 2.75) is 6.42 Å². The van der Waals surface area contributed by atoms with Crippen LogP contribution in [0.15, 0.2) is 24.4 Å². The first kappa shape index (κ1) is 8.80. The molecular weight excluding hydrogens is 178 g/mol. The summed E-state index contributed by atoms with van der Waals surface area (Å²) < 4.78 is 3.75. The van der Waals surface area contributed by atoms with Crippen molar-refractivity contribution < 1.29 is 4.57 Å². The first-order valence-corrected chi connectivity index (χ1v) is 4.42. The Morgan fingerprint density at radius 1 is 1.43 bits per heavy atom. The van der Waals surface area contributed by atoms with E-state index in [0.29, 0.717) is 0 Å². The smallest absolute Gasteiger partial charge is 0.188 e. The maximum atomic E-state index is 3.94. The second-order valence-electron chi connectivity index (χ2n) is 3.20. The molecule has 0 saturated heterocycles. The van der Waals surface area contributed by atoms with Crippen LogP contribution in [0.4, 0.5) is 0 Å². The molecule has 0 saturated carbocycles. The number of rotatable bonds is 2. The summed E-state index contributed by atoms with van der Waals surface area (Å²) in [4.78, 5) is 0. The van der Waals surface area contributed by atoms with Crippen molar-refractivity contribution >= 4 is 0 Å². The molecule has 0 fully saturated rings. The number of nitrogens with zero attached hydrogens (tertiary/aromatic N) is 5. The van der Waals surface area contributed by atoms with E-state index in [1.807, 2.05) is 32.4 Å². The third kappa shape index (κ3) is 1.61. The van der Waals surface area contributed by atoms with Crippen LogP contribution in [0.1, 0.15) is 11.5 Å². The van der Waals surface area contributed by atoms with Crippen molar-refractivity contribution in [3.8, 4) is 0 Å². The second kappa shape index (κ2) is 3.53. The molecule has 2 aromatic rings. The lowest BCUT2D eigenvalue weighted by molar-refractivity contribution is -0.678. The Hall–Kier alpha value is -1.78. The van der Waals surface area contributed by atoms with Crippen LogP contribution in [0.3, 0.4) is 0 Å². The zero-order chi connectivity index (χ0) is 9.97. The number of pyridine rings is 1. The van der Waals surface area contributed by atoms with Gasteiger partial charge < -0.3 is 0 Å². The molecule has 72 valence electrons. The molecule has 0 aliphatic carbocycles. The van der Waals surface area contributed by atoms with Gasteiger partial charge in [-0.3, -0.25) is 0 Å². The molecule has 0 aliphatic rings. The molecule has 0 bridgehead atoms. The summed E-state index contributed by atoms with van der Waals surface area (Å²) in [6.07, 6.45) is 2.76. The van der Waals surface area contributed by atoms with Gasteiger partial charge in [-0.25, -0.2) is 9.25 Å². The first-order chi connectivity index (χ1) is 6.77. The Morgan fingerprint density at radius 3 is 2.93 bits per heavy atom. The number of hydrogen-bond donors (Lipinski definition) is 0. The van der Waals surface area contributed by atoms with E-state index >= 15 is 0 Å². The van der Waals surface area contributed by atoms with Crippen LogP contribution in [-0.4, -0.2) is 20.2 Å². The Morgan fingerprint density at radius 2 is 2.29 bits per heavy atom. The van der Waals surface area contributed by atoms with Gasteiger partial charge in [-0.15, -0.1) is 5.10 Å². The minimum atomic E-state index is 0.751. The first-order valence-electron chi connectivity index (χ1n) is 4.42. The maximum absolute atomic E-state index is 3.94. The van der Waals surface area contributed by atoms with E-state index in [-0.39, 0.29) is 0 Å². The van der Waals surface area contributed by atoms with Crippen molar-refractivity contribution in [2.24, 2.45) is 14.1 Å². The number of aryl methyl sites for hydroxylation is 2. The average Bonchev–Trinajstić information content (AvgIpc) is 2.56. The van der Waals surface area contributed by atoms with Gasteiger partial charge in [0, 0.05) is 19.2 Å². The molecule has 0 N–H and O–H groups in total. The van der Waals surface area contributed by atoms with E-state index in [1.165, 1.54) is 5.69 Å². The Labute approximate surface area is 82.0 Å². The van der Waals surface area contributed by atoms with Crippen molar-refractivity contribution in [3.63, 3.8) is 0 Å². The predicted octanol–water partition coefficient (Wildman–Crippen LogP) is -0.375. The Bertz CT molecular complexity index is 434. The fourth-order valence-corrected chi connectivity index (χ4v) is 1.30. The quantitative estimate of drug-likeness (QED) is 0.607. The lowest BCUT2D eigenvalue weighted by Crippen LogP contribution is -2.33. The third-order valence-electron chi connectivity index (χ3n) is 2.21. The standard InChI is InChI=1S/C9H12N5/c1-13-6-4-3-5-8(13)7-9-10-11-12-14(9)2/h3-6H,7H2,1-2H3/q+1. The summed E-state index contributed by atoms with van der Waals surface area (Å²) in [6.45, 7) is 0. The molecule has 5 heteroatoms. The largest absolute Gasteiger partial charge is 0.232 e. The molecule has 0 aromatic carbocycles. The molecule has 5 nitrogen and oxygen atoms in total. The molecule has 2 aromatic heterocycles. The maximum Gasteiger partial charge on any atom is 0.188 e. The highest BCUT2D eigenvalue weighted by atomic mass is 15.5. The van der Waals surface area contributed by atoms with Gasteiger partial charge in [0.05, 0.1) is 6.42 Å². The zero-order valence-corrected chi connectivity index (χ0v) is 8.25. The highest BCUT2D eigenvalue weighted by Crippen LogP contribution is 1.99. The van der Waals surface area contributed by atoms with E-state index in [1.54, 1.807) is 4.68 Å². The van der Waals surface area contributed by atoms with Crippen LogP contribution in [0, 0.1) is 0 Å². The van der Waals surface area contributed by atoms with Gasteiger partial charge in [0.15, 0.2) is 17.7 Å². The lowest BCUT2D eigenvalue weighted by Gasteiger charge is -1.97. The molecule has 0 spiro atoms. The summed E-state index contributed by atoms with van der Waals surface area (Å²) in [5.41, 5.74) is 1.19. The summed E-state index contributed by atoms with van der Waals surface area (Å²) in [6, 6.07) is 6.08. The van der Waals surface area contributed by atoms with Gasteiger partial charge in [0.1, 0.15) is 7.05 Å². The minimum Gasteiger partial charge on any atom is -0.232 e. The van der Waals surface area contributed by atoms with Crippen molar-refractivity contribution in [1.29, 1.82) is 0 Å². The summed E-state index contributed by atoms with van der Waals surface area (Å²) in [7, 11) is 3.86. The third-order valence-corrected chi connectivity index (χ3v) is 2.21. The van der Waals surface area contributed by atoms with Crippen LogP contribution in [0.2, 0.25) is 0 Å². The fraction of sp³-hybridized carbons (Fsp3) is 0.333. The van der Waals surface area contributed by atoms with Gasteiger partial charge in [-0.2, -0.15) is 0 Å². The van der Waals surface area contributed by atoms with Crippen LogP contribution in [0.5, 0.6) is 0 Å². The Kier molecular flexibility index (Phi) is 2.22. The molecule has 0 unspecified atom stereocenters. The molecule has 2 heterocycles. The Balaban J connectivity index is 2.28. The minimum absolute atomic E-state index is 0.751. The SMILES string of the molecule is Cn1nnnc1Cc1cccc[n+]1C. The van der Waals surface area contributed by atoms with Gasteiger partial charge in [-0.1, -0.05) is 6.07 Å². The molecule has 0 amide bonds. The number of tetrazole rings is 1. The van der Waals surface area contributed by atoms with E-state index < -0.39 is 0 Å². The van der Waals surface area contributed by atoms with E-state index in [0.717, 1.165) is 12.2 Å². The van der Waals surface area contributed by atoms with Crippen molar-refractivity contribution in [3.05, 3.63) is 35.9 Å². The van der Waals surface area contributed by atoms with Gasteiger partial charge in [0.2, 0.25) is 0 Å². The summed E-state index contributed by atoms with van der Waals surface area (Å²) in [5.74, 6) is 0.867. The predicted molar refractivity (Wildman–Crippen MR) is 49.2 cm³/mol. The number of aromatic nitrogens is 5. The number of hydrogen-bond acceptors (Lipinski definition) is 3. The lowest BCUT2D eigenvalue weighted by atomic mass is 10.2. The zero-order valence-electron chi connectivity index (χ0n) is 8.25. The van der Waals surface area contributed by atoms with E-state index in [9.17, 15) is 0 Å². The van der Waals surface area contributed by atoms with Crippen molar-refractivity contribution in [1.82, 2.24) is 20.2 Å². The monoisotopic (exact) mass is 190 g/mol. The summed E-state index contributed by atoms with van der Waals surface area (Å²) in [5, 5.41) is 11.3. The summed E-state index contributed by atoms with van der Waals surface area (Å²) >= 11 is 0. The molecule has 0 aliphatic heterocycles. The van der Waals surface area contributed by atoms with Crippen LogP contribution in [-0.2, 0) is 20.5 Å². The van der Waals surface area contributed by atoms with Gasteiger partial charge >= 0.3 is 0 Å². The van der Waals surface area contributed by atoms with E-state index in [4.69, 9.17) is 0 Å². The second-order valence-corrected chi connectivity index (χ2v) is 3.20. The highest BCUT2D eigenvalue weighted by Gasteiger charge is 2.10. The molecule has 2 rings (SSSR count). The van der Waals surface area contributed by atoms with Crippen LogP contribution < -0.4 is 4.57 Å². The normalized spacial score (nSPS) is 10.4. The highest BCUT2D eigenvalue weighted by molar-refractivity contribution is 5.03. The van der Waals surface area contributed by atoms with Gasteiger partial charge in [-0.05, 0) is 10.4 Å². The van der Waals surface area contributed by atoms with Crippen molar-refractivity contribution in [2.75, 3.05) is 0 Å². The van der Waals surface area contributed by atoms with Crippen LogP contribution >= 0.6 is 0 Å². The van der Waals surface area contributed by atoms with Gasteiger partial charge in [0.25, 0.3) is 0 Å². The van der Waals surface area contributed by atoms with E-state index in [2.05, 4.69) is 26.2 Å².